The van der Waals surface area contributed by atoms with Crippen LogP contribution in [0.25, 0.3) is 0 Å². The molecule has 6 heteroatoms. The van der Waals surface area contributed by atoms with E-state index < -0.39 is 0 Å². The maximum absolute atomic E-state index is 5.01. The van der Waals surface area contributed by atoms with Crippen LogP contribution in [0.2, 0.25) is 0 Å². The maximum Gasteiger partial charge on any atom is 0.164 e. The summed E-state index contributed by atoms with van der Waals surface area (Å²) in [5, 5.41) is 14.4. The third kappa shape index (κ3) is 1.44. The van der Waals surface area contributed by atoms with Crippen LogP contribution >= 0.6 is 0 Å². The van der Waals surface area contributed by atoms with Crippen molar-refractivity contribution in [3.63, 3.8) is 0 Å². The van der Waals surface area contributed by atoms with Gasteiger partial charge in [-0.15, -0.1) is 5.10 Å². The van der Waals surface area contributed by atoms with Crippen LogP contribution in [0.5, 0.6) is 0 Å². The molecule has 1 aromatic heterocycles. The summed E-state index contributed by atoms with van der Waals surface area (Å²) >= 11 is 0. The molecular weight excluding hydrogens is 158 g/mol. The van der Waals surface area contributed by atoms with E-state index in [0.717, 1.165) is 19.0 Å². The third-order valence-electron chi connectivity index (χ3n) is 1.89. The minimum absolute atomic E-state index is 0.474. The first-order valence-corrected chi connectivity index (χ1v) is 3.88. The van der Waals surface area contributed by atoms with Crippen molar-refractivity contribution in [2.45, 2.75) is 12.6 Å². The van der Waals surface area contributed by atoms with E-state index in [1.165, 1.54) is 0 Å². The van der Waals surface area contributed by atoms with Gasteiger partial charge in [0, 0.05) is 7.05 Å². The predicted octanol–water partition coefficient (Wildman–Crippen LogP) is -1.30. The Hall–Kier alpha value is -1.01. The monoisotopic (exact) mass is 169 g/mol. The van der Waals surface area contributed by atoms with E-state index in [0.29, 0.717) is 12.6 Å². The topological polar surface area (TPSA) is 64.9 Å². The number of nitrogens with zero attached hydrogens (tertiary/aromatic N) is 4. The van der Waals surface area contributed by atoms with Gasteiger partial charge in [0.2, 0.25) is 0 Å². The lowest BCUT2D eigenvalue weighted by molar-refractivity contribution is -0.00615. The van der Waals surface area contributed by atoms with Crippen molar-refractivity contribution < 1.29 is 4.74 Å². The molecule has 0 bridgehead atoms. The van der Waals surface area contributed by atoms with Crippen molar-refractivity contribution in [3.8, 4) is 0 Å². The van der Waals surface area contributed by atoms with E-state index in [1.807, 2.05) is 7.05 Å². The van der Waals surface area contributed by atoms with Crippen molar-refractivity contribution in [3.05, 3.63) is 5.82 Å². The van der Waals surface area contributed by atoms with Gasteiger partial charge < -0.3 is 10.1 Å². The summed E-state index contributed by atoms with van der Waals surface area (Å²) in [7, 11) is 1.83. The van der Waals surface area contributed by atoms with Crippen LogP contribution < -0.4 is 5.32 Å². The predicted molar refractivity (Wildman–Crippen MR) is 40.2 cm³/mol. The van der Waals surface area contributed by atoms with Crippen LogP contribution in [0.4, 0.5) is 0 Å². The normalized spacial score (nSPS) is 17.8. The van der Waals surface area contributed by atoms with Crippen LogP contribution in [0.1, 0.15) is 5.82 Å². The molecule has 0 atom stereocenters. The maximum atomic E-state index is 5.01. The Bertz CT molecular complexity index is 256. The minimum atomic E-state index is 0.474. The Kier molecular flexibility index (Phi) is 2.01. The Morgan fingerprint density at radius 3 is 3.00 bits per heavy atom. The minimum Gasteiger partial charge on any atom is -0.378 e. The molecule has 1 aliphatic rings. The molecule has 1 aromatic rings. The van der Waals surface area contributed by atoms with Crippen LogP contribution in [0.3, 0.4) is 0 Å². The Morgan fingerprint density at radius 1 is 1.67 bits per heavy atom. The summed E-state index contributed by atoms with van der Waals surface area (Å²) in [6, 6.07) is 0.474. The zero-order valence-corrected chi connectivity index (χ0v) is 6.90. The van der Waals surface area contributed by atoms with Gasteiger partial charge in [0.05, 0.1) is 25.8 Å². The van der Waals surface area contributed by atoms with Crippen molar-refractivity contribution in [1.82, 2.24) is 25.5 Å². The van der Waals surface area contributed by atoms with Crippen molar-refractivity contribution in [1.29, 1.82) is 0 Å². The molecule has 0 radical (unpaired) electrons. The highest BCUT2D eigenvalue weighted by Crippen LogP contribution is 2.00. The van der Waals surface area contributed by atoms with E-state index in [1.54, 1.807) is 4.68 Å². The summed E-state index contributed by atoms with van der Waals surface area (Å²) in [5.74, 6) is 0.849. The standard InChI is InChI=1S/C6H11N5O/c1-11-6(8-9-10-11)2-7-5-3-12-4-5/h5,7H,2-4H2,1H3. The molecule has 0 amide bonds. The first-order valence-electron chi connectivity index (χ1n) is 3.88. The van der Waals surface area contributed by atoms with Crippen molar-refractivity contribution >= 4 is 0 Å². The molecule has 0 unspecified atom stereocenters. The smallest absolute Gasteiger partial charge is 0.164 e. The molecule has 66 valence electrons. The molecule has 0 spiro atoms. The van der Waals surface area contributed by atoms with Gasteiger partial charge in [-0.3, -0.25) is 0 Å². The van der Waals surface area contributed by atoms with E-state index >= 15 is 0 Å². The zero-order chi connectivity index (χ0) is 8.39. The van der Waals surface area contributed by atoms with E-state index in [9.17, 15) is 0 Å². The van der Waals surface area contributed by atoms with Gasteiger partial charge in [0.1, 0.15) is 0 Å². The number of aryl methyl sites for hydroxylation is 1. The highest BCUT2D eigenvalue weighted by atomic mass is 16.5. The van der Waals surface area contributed by atoms with Gasteiger partial charge >= 0.3 is 0 Å². The summed E-state index contributed by atoms with van der Waals surface area (Å²) in [4.78, 5) is 0. The molecule has 2 rings (SSSR count). The van der Waals surface area contributed by atoms with Gasteiger partial charge in [-0.2, -0.15) is 0 Å². The fourth-order valence-corrected chi connectivity index (χ4v) is 0.987. The Morgan fingerprint density at radius 2 is 2.50 bits per heavy atom. The van der Waals surface area contributed by atoms with Gasteiger partial charge in [-0.05, 0) is 10.4 Å². The number of hydrogen-bond acceptors (Lipinski definition) is 5. The molecule has 0 saturated carbocycles. The number of ether oxygens (including phenoxy) is 1. The number of nitrogens with one attached hydrogen (secondary N) is 1. The Labute approximate surface area is 69.9 Å². The quantitative estimate of drug-likeness (QED) is 0.609. The molecule has 0 aromatic carbocycles. The lowest BCUT2D eigenvalue weighted by Crippen LogP contribution is -2.45. The fraction of sp³-hybridized carbons (Fsp3) is 0.833. The molecule has 1 aliphatic heterocycles. The highest BCUT2D eigenvalue weighted by molar-refractivity contribution is 4.82. The zero-order valence-electron chi connectivity index (χ0n) is 6.90. The molecule has 12 heavy (non-hydrogen) atoms. The third-order valence-corrected chi connectivity index (χ3v) is 1.89. The molecule has 1 saturated heterocycles. The van der Waals surface area contributed by atoms with Crippen molar-refractivity contribution in [2.75, 3.05) is 13.2 Å². The number of aromatic nitrogens is 4. The molecule has 6 nitrogen and oxygen atoms in total. The summed E-state index contributed by atoms with van der Waals surface area (Å²) in [6.07, 6.45) is 0. The Balaban J connectivity index is 1.82. The molecule has 2 heterocycles. The van der Waals surface area contributed by atoms with Crippen LogP contribution in [-0.4, -0.2) is 39.5 Å². The second-order valence-electron chi connectivity index (χ2n) is 2.83. The van der Waals surface area contributed by atoms with E-state index in [-0.39, 0.29) is 0 Å². The van der Waals surface area contributed by atoms with Gasteiger partial charge in [0.25, 0.3) is 0 Å². The van der Waals surface area contributed by atoms with Crippen LogP contribution in [0.15, 0.2) is 0 Å². The molecule has 0 aliphatic carbocycles. The van der Waals surface area contributed by atoms with Crippen LogP contribution in [-0.2, 0) is 18.3 Å². The highest BCUT2D eigenvalue weighted by Gasteiger charge is 2.17. The van der Waals surface area contributed by atoms with E-state index in [2.05, 4.69) is 20.8 Å². The average Bonchev–Trinajstić information content (AvgIpc) is 2.33. The fourth-order valence-electron chi connectivity index (χ4n) is 0.987. The largest absolute Gasteiger partial charge is 0.378 e. The lowest BCUT2D eigenvalue weighted by atomic mass is 10.2. The molecular formula is C6H11N5O. The first-order chi connectivity index (χ1) is 5.86. The molecule has 1 fully saturated rings. The summed E-state index contributed by atoms with van der Waals surface area (Å²) < 4.78 is 6.67. The second kappa shape index (κ2) is 3.16. The first kappa shape index (κ1) is 7.63. The average molecular weight is 169 g/mol. The molecule has 1 N–H and O–H groups in total. The van der Waals surface area contributed by atoms with Gasteiger partial charge in [-0.25, -0.2) is 4.68 Å². The van der Waals surface area contributed by atoms with E-state index in [4.69, 9.17) is 4.74 Å². The number of tetrazole rings is 1. The van der Waals surface area contributed by atoms with Gasteiger partial charge in [-0.1, -0.05) is 0 Å². The number of hydrogen-bond donors (Lipinski definition) is 1. The summed E-state index contributed by atoms with van der Waals surface area (Å²) in [6.45, 7) is 2.30. The van der Waals surface area contributed by atoms with Crippen molar-refractivity contribution in [2.24, 2.45) is 7.05 Å². The lowest BCUT2D eigenvalue weighted by Gasteiger charge is -2.26. The SMILES string of the molecule is Cn1nnnc1CNC1COC1. The number of rotatable bonds is 3. The van der Waals surface area contributed by atoms with Crippen LogP contribution in [0, 0.1) is 0 Å². The summed E-state index contributed by atoms with van der Waals surface area (Å²) in [5.41, 5.74) is 0. The second-order valence-corrected chi connectivity index (χ2v) is 2.83. The van der Waals surface area contributed by atoms with Gasteiger partial charge in [0.15, 0.2) is 5.82 Å².